The van der Waals surface area contributed by atoms with Crippen LogP contribution in [-0.2, 0) is 4.79 Å². The van der Waals surface area contributed by atoms with Gasteiger partial charge >= 0.3 is 12.0 Å². The minimum atomic E-state index is -0.848. The van der Waals surface area contributed by atoms with Gasteiger partial charge in [-0.25, -0.2) is 4.79 Å². The zero-order chi connectivity index (χ0) is 14.9. The van der Waals surface area contributed by atoms with Crippen molar-refractivity contribution in [2.75, 3.05) is 18.4 Å². The first-order chi connectivity index (χ1) is 9.32. The molecule has 1 aromatic rings. The molecule has 2 N–H and O–H groups in total. The molecule has 0 saturated carbocycles. The number of rotatable bonds is 2. The average Bonchev–Trinajstić information content (AvgIpc) is 2.78. The van der Waals surface area contributed by atoms with Gasteiger partial charge < -0.3 is 15.3 Å². The van der Waals surface area contributed by atoms with Crippen LogP contribution in [0.2, 0.25) is 0 Å². The Morgan fingerprint density at radius 3 is 2.65 bits per heavy atom. The van der Waals surface area contributed by atoms with Crippen LogP contribution in [0.1, 0.15) is 24.5 Å². The highest BCUT2D eigenvalue weighted by atomic mass is 16.4. The van der Waals surface area contributed by atoms with Gasteiger partial charge in [0.15, 0.2) is 0 Å². The molecule has 1 fully saturated rings. The number of hydrogen-bond acceptors (Lipinski definition) is 2. The number of carbonyl (C=O) groups excluding carboxylic acids is 1. The van der Waals surface area contributed by atoms with Crippen molar-refractivity contribution < 1.29 is 14.7 Å². The Hall–Kier alpha value is -2.04. The van der Waals surface area contributed by atoms with E-state index in [9.17, 15) is 14.7 Å². The lowest BCUT2D eigenvalue weighted by Crippen LogP contribution is -2.37. The molecule has 0 radical (unpaired) electrons. The van der Waals surface area contributed by atoms with Crippen LogP contribution in [0, 0.1) is 19.3 Å². The van der Waals surface area contributed by atoms with Crippen molar-refractivity contribution in [3.63, 3.8) is 0 Å². The van der Waals surface area contributed by atoms with Crippen molar-refractivity contribution in [2.45, 2.75) is 27.2 Å². The molecule has 5 nitrogen and oxygen atoms in total. The largest absolute Gasteiger partial charge is 0.481 e. The van der Waals surface area contributed by atoms with Gasteiger partial charge in [-0.3, -0.25) is 4.79 Å². The smallest absolute Gasteiger partial charge is 0.321 e. The molecule has 0 bridgehead atoms. The number of carbonyl (C=O) groups is 2. The van der Waals surface area contributed by atoms with Crippen molar-refractivity contribution in [3.8, 4) is 0 Å². The molecule has 2 rings (SSSR count). The first-order valence-corrected chi connectivity index (χ1v) is 6.68. The van der Waals surface area contributed by atoms with E-state index in [-0.39, 0.29) is 12.6 Å². The van der Waals surface area contributed by atoms with E-state index in [1.165, 1.54) is 0 Å². The lowest BCUT2D eigenvalue weighted by Gasteiger charge is -2.21. The molecule has 1 saturated heterocycles. The number of nitrogens with zero attached hydrogens (tertiary/aromatic N) is 1. The zero-order valence-corrected chi connectivity index (χ0v) is 12.1. The van der Waals surface area contributed by atoms with Crippen molar-refractivity contribution >= 4 is 17.7 Å². The van der Waals surface area contributed by atoms with Crippen LogP contribution in [0.4, 0.5) is 10.5 Å². The monoisotopic (exact) mass is 276 g/mol. The van der Waals surface area contributed by atoms with E-state index in [2.05, 4.69) is 5.32 Å². The van der Waals surface area contributed by atoms with E-state index in [0.29, 0.717) is 13.0 Å². The van der Waals surface area contributed by atoms with Gasteiger partial charge in [0.25, 0.3) is 0 Å². The highest BCUT2D eigenvalue weighted by Crippen LogP contribution is 2.30. The molecule has 5 heteroatoms. The number of carboxylic acids is 1. The van der Waals surface area contributed by atoms with E-state index >= 15 is 0 Å². The Morgan fingerprint density at radius 2 is 2.05 bits per heavy atom. The maximum absolute atomic E-state index is 12.2. The third-order valence-electron chi connectivity index (χ3n) is 3.91. The van der Waals surface area contributed by atoms with E-state index < -0.39 is 11.4 Å². The van der Waals surface area contributed by atoms with Crippen LogP contribution in [0.3, 0.4) is 0 Å². The molecule has 1 unspecified atom stereocenters. The minimum absolute atomic E-state index is 0.233. The highest BCUT2D eigenvalue weighted by molar-refractivity contribution is 5.91. The average molecular weight is 276 g/mol. The lowest BCUT2D eigenvalue weighted by atomic mass is 9.90. The Labute approximate surface area is 118 Å². The summed E-state index contributed by atoms with van der Waals surface area (Å²) in [5.74, 6) is -0.848. The molecule has 1 aromatic carbocycles. The molecule has 1 heterocycles. The predicted octanol–water partition coefficient (Wildman–Crippen LogP) is 2.63. The van der Waals surface area contributed by atoms with Crippen LogP contribution in [0.15, 0.2) is 18.2 Å². The summed E-state index contributed by atoms with van der Waals surface area (Å²) in [5, 5.41) is 12.0. The first kappa shape index (κ1) is 14.4. The fourth-order valence-corrected chi connectivity index (χ4v) is 2.37. The molecular weight excluding hydrogens is 256 g/mol. The second kappa shape index (κ2) is 5.15. The summed E-state index contributed by atoms with van der Waals surface area (Å²) >= 11 is 0. The number of aliphatic carboxylic acids is 1. The second-order valence-corrected chi connectivity index (χ2v) is 5.79. The number of benzene rings is 1. The maximum atomic E-state index is 12.2. The molecule has 0 aromatic heterocycles. The second-order valence-electron chi connectivity index (χ2n) is 5.79. The molecule has 108 valence electrons. The van der Waals surface area contributed by atoms with Gasteiger partial charge in [-0.05, 0) is 44.4 Å². The lowest BCUT2D eigenvalue weighted by molar-refractivity contribution is -0.146. The normalized spacial score (nSPS) is 21.9. The van der Waals surface area contributed by atoms with E-state index in [1.807, 2.05) is 32.0 Å². The number of hydrogen-bond donors (Lipinski definition) is 2. The summed E-state index contributed by atoms with van der Waals surface area (Å²) in [6.45, 7) is 6.30. The topological polar surface area (TPSA) is 69.6 Å². The van der Waals surface area contributed by atoms with Crippen molar-refractivity contribution in [2.24, 2.45) is 5.41 Å². The third kappa shape index (κ3) is 2.76. The van der Waals surface area contributed by atoms with E-state index in [1.54, 1.807) is 11.8 Å². The van der Waals surface area contributed by atoms with Gasteiger partial charge in [0.2, 0.25) is 0 Å². The molecule has 20 heavy (non-hydrogen) atoms. The van der Waals surface area contributed by atoms with Crippen LogP contribution in [0.25, 0.3) is 0 Å². The van der Waals surface area contributed by atoms with Gasteiger partial charge in [-0.2, -0.15) is 0 Å². The number of anilines is 1. The van der Waals surface area contributed by atoms with Gasteiger partial charge in [-0.1, -0.05) is 12.1 Å². The molecular formula is C15H20N2O3. The predicted molar refractivity (Wildman–Crippen MR) is 76.9 cm³/mol. The summed E-state index contributed by atoms with van der Waals surface area (Å²) in [5.41, 5.74) is 2.00. The molecule has 2 amide bonds. The summed E-state index contributed by atoms with van der Waals surface area (Å²) in [7, 11) is 0. The fourth-order valence-electron chi connectivity index (χ4n) is 2.37. The van der Waals surface area contributed by atoms with E-state index in [4.69, 9.17) is 0 Å². The number of aryl methyl sites for hydroxylation is 2. The SMILES string of the molecule is Cc1ccc(C)c(NC(=O)N2CCC(C)(C(=O)O)C2)c1. The Kier molecular flexibility index (Phi) is 3.70. The summed E-state index contributed by atoms with van der Waals surface area (Å²) in [6.07, 6.45) is 0.489. The summed E-state index contributed by atoms with van der Waals surface area (Å²) in [6, 6.07) is 5.63. The molecule has 0 aliphatic carbocycles. The zero-order valence-electron chi connectivity index (χ0n) is 12.1. The standard InChI is InChI=1S/C15H20N2O3/c1-10-4-5-11(2)12(8-10)16-14(20)17-7-6-15(3,9-17)13(18)19/h4-5,8H,6-7,9H2,1-3H3,(H,16,20)(H,18,19). The van der Waals surface area contributed by atoms with Gasteiger partial charge in [0, 0.05) is 18.8 Å². The number of carboxylic acid groups (broad SMARTS) is 1. The van der Waals surface area contributed by atoms with Gasteiger partial charge in [0.1, 0.15) is 0 Å². The van der Waals surface area contributed by atoms with Crippen LogP contribution >= 0.6 is 0 Å². The minimum Gasteiger partial charge on any atom is -0.481 e. The van der Waals surface area contributed by atoms with Crippen LogP contribution < -0.4 is 5.32 Å². The first-order valence-electron chi connectivity index (χ1n) is 6.68. The number of likely N-dealkylation sites (tertiary alicyclic amines) is 1. The van der Waals surface area contributed by atoms with Crippen molar-refractivity contribution in [3.05, 3.63) is 29.3 Å². The molecule has 1 aliphatic rings. The summed E-state index contributed by atoms with van der Waals surface area (Å²) < 4.78 is 0. The van der Waals surface area contributed by atoms with Crippen molar-refractivity contribution in [1.82, 2.24) is 4.90 Å². The Bertz CT molecular complexity index is 556. The summed E-state index contributed by atoms with van der Waals surface area (Å²) in [4.78, 5) is 25.0. The number of amides is 2. The van der Waals surface area contributed by atoms with Gasteiger partial charge in [-0.15, -0.1) is 0 Å². The molecule has 1 atom stereocenters. The quantitative estimate of drug-likeness (QED) is 0.872. The number of urea groups is 1. The molecule has 0 spiro atoms. The third-order valence-corrected chi connectivity index (χ3v) is 3.91. The van der Waals surface area contributed by atoms with E-state index in [0.717, 1.165) is 16.8 Å². The fraction of sp³-hybridized carbons (Fsp3) is 0.467. The Morgan fingerprint density at radius 1 is 1.35 bits per heavy atom. The Balaban J connectivity index is 2.07. The molecule has 1 aliphatic heterocycles. The maximum Gasteiger partial charge on any atom is 0.321 e. The van der Waals surface area contributed by atoms with Gasteiger partial charge in [0.05, 0.1) is 5.41 Å². The van der Waals surface area contributed by atoms with Crippen LogP contribution in [-0.4, -0.2) is 35.1 Å². The highest BCUT2D eigenvalue weighted by Gasteiger charge is 2.42. The van der Waals surface area contributed by atoms with Crippen LogP contribution in [0.5, 0.6) is 0 Å². The number of nitrogens with one attached hydrogen (secondary N) is 1. The van der Waals surface area contributed by atoms with Crippen molar-refractivity contribution in [1.29, 1.82) is 0 Å².